The molecule has 0 atom stereocenters. The molecule has 2 heterocycles. The van der Waals surface area contributed by atoms with Crippen LogP contribution >= 0.6 is 11.3 Å². The maximum absolute atomic E-state index is 5.12. The van der Waals surface area contributed by atoms with Gasteiger partial charge < -0.3 is 0 Å². The molecule has 0 bridgehead atoms. The van der Waals surface area contributed by atoms with Crippen LogP contribution in [0.2, 0.25) is 0 Å². The van der Waals surface area contributed by atoms with Crippen molar-refractivity contribution in [2.75, 3.05) is 0 Å². The highest BCUT2D eigenvalue weighted by atomic mass is 32.1. The van der Waals surface area contributed by atoms with Crippen LogP contribution in [0.4, 0.5) is 0 Å². The third-order valence-electron chi connectivity index (χ3n) is 8.93. The highest BCUT2D eigenvalue weighted by Crippen LogP contribution is 2.39. The van der Waals surface area contributed by atoms with Crippen molar-refractivity contribution in [3.63, 3.8) is 0 Å². The highest BCUT2D eigenvalue weighted by molar-refractivity contribution is 7.25. The Bertz CT molecular complexity index is 2490. The number of hydrogen-bond donors (Lipinski definition) is 0. The zero-order valence-electron chi connectivity index (χ0n) is 25.5. The first-order valence-corrected chi connectivity index (χ1v) is 16.6. The van der Waals surface area contributed by atoms with Gasteiger partial charge in [-0.1, -0.05) is 146 Å². The van der Waals surface area contributed by atoms with E-state index in [1.54, 1.807) is 0 Å². The van der Waals surface area contributed by atoms with Crippen LogP contribution < -0.4 is 0 Å². The smallest absolute Gasteiger partial charge is 0.160 e. The van der Waals surface area contributed by atoms with E-state index in [9.17, 15) is 0 Å². The van der Waals surface area contributed by atoms with Crippen LogP contribution in [0.1, 0.15) is 0 Å². The molecule has 9 rings (SSSR count). The second-order valence-corrected chi connectivity index (χ2v) is 12.9. The normalized spacial score (nSPS) is 11.4. The van der Waals surface area contributed by atoms with E-state index in [-0.39, 0.29) is 0 Å². The maximum Gasteiger partial charge on any atom is 0.160 e. The van der Waals surface area contributed by atoms with Crippen LogP contribution in [0.15, 0.2) is 170 Å². The third kappa shape index (κ3) is 4.98. The molecule has 0 radical (unpaired) electrons. The number of thiophene rings is 1. The molecule has 0 aliphatic rings. The van der Waals surface area contributed by atoms with Gasteiger partial charge in [0.15, 0.2) is 5.82 Å². The summed E-state index contributed by atoms with van der Waals surface area (Å²) in [6, 6.07) is 60.3. The van der Waals surface area contributed by atoms with Gasteiger partial charge in [-0.15, -0.1) is 11.3 Å². The van der Waals surface area contributed by atoms with Gasteiger partial charge in [-0.05, 0) is 57.3 Å². The quantitative estimate of drug-likeness (QED) is 0.192. The molecule has 0 aliphatic heterocycles. The van der Waals surface area contributed by atoms with Crippen LogP contribution in [0, 0.1) is 0 Å². The molecular weight excluding hydrogens is 589 g/mol. The monoisotopic (exact) mass is 616 g/mol. The Morgan fingerprint density at radius 1 is 0.319 bits per heavy atom. The lowest BCUT2D eigenvalue weighted by Gasteiger charge is -2.14. The molecule has 0 aliphatic carbocycles. The Labute approximate surface area is 277 Å². The summed E-state index contributed by atoms with van der Waals surface area (Å²) in [5, 5.41) is 5.02. The molecule has 0 amide bonds. The summed E-state index contributed by atoms with van der Waals surface area (Å²) >= 11 is 1.86. The number of fused-ring (bicyclic) bond motifs is 4. The molecule has 0 fully saturated rings. The molecule has 47 heavy (non-hydrogen) atoms. The lowest BCUT2D eigenvalue weighted by Crippen LogP contribution is -1.96. The molecule has 0 saturated carbocycles. The lowest BCUT2D eigenvalue weighted by molar-refractivity contribution is 1.18. The van der Waals surface area contributed by atoms with Crippen LogP contribution in [0.25, 0.3) is 87.1 Å². The molecule has 7 aromatic carbocycles. The van der Waals surface area contributed by atoms with Crippen molar-refractivity contribution in [1.82, 2.24) is 9.97 Å². The molecule has 0 N–H and O–H groups in total. The fraction of sp³-hybridized carbons (Fsp3) is 0. The lowest BCUT2D eigenvalue weighted by atomic mass is 9.92. The van der Waals surface area contributed by atoms with Crippen LogP contribution in [-0.4, -0.2) is 9.97 Å². The zero-order chi connectivity index (χ0) is 31.2. The van der Waals surface area contributed by atoms with Crippen molar-refractivity contribution in [2.45, 2.75) is 0 Å². The Kier molecular flexibility index (Phi) is 6.69. The van der Waals surface area contributed by atoms with Crippen molar-refractivity contribution < 1.29 is 0 Å². The number of rotatable bonds is 5. The Morgan fingerprint density at radius 3 is 1.64 bits per heavy atom. The topological polar surface area (TPSA) is 25.8 Å². The SMILES string of the molecule is c1ccc(-c2cc(-c3ccc(-c4ccc(-c5ccc6sc7ccccc7c6c5)cc4)c4ccccc34)nc(-c3ccccc3)n2)cc1. The summed E-state index contributed by atoms with van der Waals surface area (Å²) in [6.45, 7) is 0. The van der Waals surface area contributed by atoms with Crippen LogP contribution in [0.5, 0.6) is 0 Å². The van der Waals surface area contributed by atoms with E-state index in [0.29, 0.717) is 0 Å². The predicted molar refractivity (Wildman–Crippen MR) is 200 cm³/mol. The van der Waals surface area contributed by atoms with Gasteiger partial charge in [0.25, 0.3) is 0 Å². The molecular formula is C44H28N2S. The van der Waals surface area contributed by atoms with Crippen molar-refractivity contribution >= 4 is 42.3 Å². The van der Waals surface area contributed by atoms with Gasteiger partial charge in [-0.25, -0.2) is 9.97 Å². The van der Waals surface area contributed by atoms with Gasteiger partial charge in [-0.2, -0.15) is 0 Å². The maximum atomic E-state index is 5.12. The molecule has 0 saturated heterocycles. The summed E-state index contributed by atoms with van der Waals surface area (Å²) in [5.74, 6) is 0.722. The molecule has 220 valence electrons. The fourth-order valence-corrected chi connectivity index (χ4v) is 7.67. The fourth-order valence-electron chi connectivity index (χ4n) is 6.58. The third-order valence-corrected chi connectivity index (χ3v) is 10.1. The summed E-state index contributed by atoms with van der Waals surface area (Å²) in [5.41, 5.74) is 9.83. The van der Waals surface area contributed by atoms with Crippen LogP contribution in [-0.2, 0) is 0 Å². The first-order chi connectivity index (χ1) is 23.3. The van der Waals surface area contributed by atoms with Gasteiger partial charge in [0.05, 0.1) is 11.4 Å². The van der Waals surface area contributed by atoms with E-state index in [1.807, 2.05) is 35.6 Å². The molecule has 2 aromatic heterocycles. The number of hydrogen-bond acceptors (Lipinski definition) is 3. The highest BCUT2D eigenvalue weighted by Gasteiger charge is 2.15. The summed E-state index contributed by atoms with van der Waals surface area (Å²) in [4.78, 5) is 10.1. The van der Waals surface area contributed by atoms with Gasteiger partial charge >= 0.3 is 0 Å². The average molecular weight is 617 g/mol. The van der Waals surface area contributed by atoms with Gasteiger partial charge in [0.2, 0.25) is 0 Å². The number of nitrogens with zero attached hydrogens (tertiary/aromatic N) is 2. The molecule has 0 spiro atoms. The largest absolute Gasteiger partial charge is 0.228 e. The average Bonchev–Trinajstić information content (AvgIpc) is 3.53. The Morgan fingerprint density at radius 2 is 0.872 bits per heavy atom. The van der Waals surface area contributed by atoms with Gasteiger partial charge in [0, 0.05) is 36.9 Å². The first kappa shape index (κ1) is 27.4. The Hall–Kier alpha value is -5.90. The van der Waals surface area contributed by atoms with E-state index in [2.05, 4.69) is 146 Å². The van der Waals surface area contributed by atoms with Crippen LogP contribution in [0.3, 0.4) is 0 Å². The van der Waals surface area contributed by atoms with Crippen molar-refractivity contribution in [2.24, 2.45) is 0 Å². The minimum absolute atomic E-state index is 0.722. The van der Waals surface area contributed by atoms with Crippen molar-refractivity contribution in [3.8, 4) is 56.2 Å². The number of aromatic nitrogens is 2. The van der Waals surface area contributed by atoms with Gasteiger partial charge in [0.1, 0.15) is 0 Å². The van der Waals surface area contributed by atoms with Gasteiger partial charge in [-0.3, -0.25) is 0 Å². The second kappa shape index (κ2) is 11.5. The summed E-state index contributed by atoms with van der Waals surface area (Å²) in [6.07, 6.45) is 0. The molecule has 3 heteroatoms. The minimum Gasteiger partial charge on any atom is -0.228 e. The molecule has 9 aromatic rings. The van der Waals surface area contributed by atoms with E-state index in [4.69, 9.17) is 9.97 Å². The summed E-state index contributed by atoms with van der Waals surface area (Å²) < 4.78 is 2.66. The van der Waals surface area contributed by atoms with E-state index >= 15 is 0 Å². The standard InChI is InChI=1S/C44H28N2S/c1-3-11-31(12-4-1)40-28-41(46-44(45-40)32-13-5-2-6-14-32)37-25-24-34(35-15-7-8-16-36(35)37)30-21-19-29(20-22-30)33-23-26-43-39(27-33)38-17-9-10-18-42(38)47-43/h1-28H. The van der Waals surface area contributed by atoms with E-state index in [1.165, 1.54) is 53.2 Å². The molecule has 0 unspecified atom stereocenters. The van der Waals surface area contributed by atoms with E-state index in [0.717, 1.165) is 33.9 Å². The minimum atomic E-state index is 0.722. The Balaban J connectivity index is 1.13. The first-order valence-electron chi connectivity index (χ1n) is 15.8. The molecule has 2 nitrogen and oxygen atoms in total. The van der Waals surface area contributed by atoms with Crippen molar-refractivity contribution in [1.29, 1.82) is 0 Å². The second-order valence-electron chi connectivity index (χ2n) is 11.8. The van der Waals surface area contributed by atoms with E-state index < -0.39 is 0 Å². The predicted octanol–water partition coefficient (Wildman–Crippen LogP) is 12.3. The number of benzene rings is 7. The zero-order valence-corrected chi connectivity index (χ0v) is 26.3. The van der Waals surface area contributed by atoms with Crippen molar-refractivity contribution in [3.05, 3.63) is 170 Å². The summed E-state index contributed by atoms with van der Waals surface area (Å²) in [7, 11) is 0.